The molecule has 78 valence electrons. The van der Waals surface area contributed by atoms with Gasteiger partial charge in [0.25, 0.3) is 0 Å². The van der Waals surface area contributed by atoms with Gasteiger partial charge in [0.1, 0.15) is 5.54 Å². The van der Waals surface area contributed by atoms with Gasteiger partial charge in [0.2, 0.25) is 0 Å². The first-order chi connectivity index (χ1) is 7.24. The summed E-state index contributed by atoms with van der Waals surface area (Å²) in [6.07, 6.45) is 2.13. The molecule has 0 radical (unpaired) electrons. The Morgan fingerprint density at radius 2 is 2.13 bits per heavy atom. The molecule has 1 heterocycles. The van der Waals surface area contributed by atoms with Gasteiger partial charge in [-0.05, 0) is 25.3 Å². The zero-order valence-corrected chi connectivity index (χ0v) is 9.11. The highest BCUT2D eigenvalue weighted by Crippen LogP contribution is 2.29. The van der Waals surface area contributed by atoms with Crippen LogP contribution in [-0.2, 0) is 6.54 Å². The van der Waals surface area contributed by atoms with Crippen molar-refractivity contribution >= 4 is 0 Å². The molecular weight excluding hydrogens is 184 g/mol. The van der Waals surface area contributed by atoms with Crippen LogP contribution in [0.25, 0.3) is 0 Å². The van der Waals surface area contributed by atoms with Crippen molar-refractivity contribution in [2.24, 2.45) is 0 Å². The second-order valence-corrected chi connectivity index (χ2v) is 4.40. The molecule has 0 saturated carbocycles. The van der Waals surface area contributed by atoms with Gasteiger partial charge in [-0.1, -0.05) is 30.3 Å². The number of nitriles is 1. The van der Waals surface area contributed by atoms with Crippen molar-refractivity contribution in [2.45, 2.75) is 31.8 Å². The van der Waals surface area contributed by atoms with Crippen molar-refractivity contribution < 1.29 is 0 Å². The third-order valence-corrected chi connectivity index (χ3v) is 3.25. The predicted molar refractivity (Wildman–Crippen MR) is 60.1 cm³/mol. The minimum absolute atomic E-state index is 0.254. The highest BCUT2D eigenvalue weighted by Gasteiger charge is 2.36. The van der Waals surface area contributed by atoms with Crippen molar-refractivity contribution in [1.82, 2.24) is 4.90 Å². The van der Waals surface area contributed by atoms with E-state index < -0.39 is 0 Å². The van der Waals surface area contributed by atoms with Crippen LogP contribution in [0, 0.1) is 11.3 Å². The standard InChI is InChI=1S/C13H16N2/c1-13(11-14)8-5-9-15(13)10-12-6-3-2-4-7-12/h2-4,6-7H,5,8-10H2,1H3/t13-/m1/s1. The lowest BCUT2D eigenvalue weighted by Crippen LogP contribution is -2.38. The van der Waals surface area contributed by atoms with Crippen LogP contribution in [0.15, 0.2) is 30.3 Å². The molecule has 1 atom stereocenters. The van der Waals surface area contributed by atoms with Gasteiger partial charge in [0, 0.05) is 13.1 Å². The molecule has 0 N–H and O–H groups in total. The van der Waals surface area contributed by atoms with E-state index in [1.807, 2.05) is 13.0 Å². The van der Waals surface area contributed by atoms with Gasteiger partial charge in [0.15, 0.2) is 0 Å². The SMILES string of the molecule is C[C@]1(C#N)CCCN1Cc1ccccc1. The van der Waals surface area contributed by atoms with Crippen molar-refractivity contribution in [2.75, 3.05) is 6.54 Å². The molecule has 0 amide bonds. The monoisotopic (exact) mass is 200 g/mol. The first kappa shape index (κ1) is 10.2. The molecule has 0 aliphatic carbocycles. The van der Waals surface area contributed by atoms with E-state index in [2.05, 4.69) is 35.2 Å². The van der Waals surface area contributed by atoms with Crippen LogP contribution in [0.3, 0.4) is 0 Å². The second-order valence-electron chi connectivity index (χ2n) is 4.40. The Hall–Kier alpha value is -1.33. The first-order valence-electron chi connectivity index (χ1n) is 5.45. The van der Waals surface area contributed by atoms with Gasteiger partial charge in [-0.25, -0.2) is 0 Å². The fraction of sp³-hybridized carbons (Fsp3) is 0.462. The maximum Gasteiger partial charge on any atom is 0.106 e. The number of benzene rings is 1. The Morgan fingerprint density at radius 3 is 2.80 bits per heavy atom. The Kier molecular flexibility index (Phi) is 2.75. The van der Waals surface area contributed by atoms with Crippen LogP contribution >= 0.6 is 0 Å². The molecule has 15 heavy (non-hydrogen) atoms. The van der Waals surface area contributed by atoms with E-state index in [9.17, 15) is 5.26 Å². The number of rotatable bonds is 2. The summed E-state index contributed by atoms with van der Waals surface area (Å²) < 4.78 is 0. The molecular formula is C13H16N2. The summed E-state index contributed by atoms with van der Waals surface area (Å²) in [7, 11) is 0. The second kappa shape index (κ2) is 4.04. The molecule has 0 bridgehead atoms. The smallest absolute Gasteiger partial charge is 0.106 e. The van der Waals surface area contributed by atoms with Crippen LogP contribution in [0.2, 0.25) is 0 Å². The fourth-order valence-electron chi connectivity index (χ4n) is 2.20. The highest BCUT2D eigenvalue weighted by atomic mass is 15.2. The van der Waals surface area contributed by atoms with Gasteiger partial charge >= 0.3 is 0 Å². The Balaban J connectivity index is 2.10. The summed E-state index contributed by atoms with van der Waals surface area (Å²) in [6, 6.07) is 12.8. The fourth-order valence-corrected chi connectivity index (χ4v) is 2.20. The van der Waals surface area contributed by atoms with E-state index in [1.54, 1.807) is 0 Å². The first-order valence-corrected chi connectivity index (χ1v) is 5.45. The number of likely N-dealkylation sites (tertiary alicyclic amines) is 1. The maximum atomic E-state index is 9.18. The highest BCUT2D eigenvalue weighted by molar-refractivity contribution is 5.17. The summed E-state index contributed by atoms with van der Waals surface area (Å²) in [6.45, 7) is 3.98. The molecule has 0 aromatic heterocycles. The molecule has 1 aromatic carbocycles. The molecule has 1 aliphatic rings. The Labute approximate surface area is 91.1 Å². The summed E-state index contributed by atoms with van der Waals surface area (Å²) in [5, 5.41) is 9.18. The Morgan fingerprint density at radius 1 is 1.40 bits per heavy atom. The van der Waals surface area contributed by atoms with Gasteiger partial charge in [-0.2, -0.15) is 5.26 Å². The molecule has 0 spiro atoms. The Bertz CT molecular complexity index is 366. The number of hydrogen-bond acceptors (Lipinski definition) is 2. The van der Waals surface area contributed by atoms with Gasteiger partial charge < -0.3 is 0 Å². The van der Waals surface area contributed by atoms with E-state index in [-0.39, 0.29) is 5.54 Å². The minimum Gasteiger partial charge on any atom is -0.281 e. The van der Waals surface area contributed by atoms with E-state index in [1.165, 1.54) is 5.56 Å². The predicted octanol–water partition coefficient (Wildman–Crippen LogP) is 2.56. The maximum absolute atomic E-state index is 9.18. The molecule has 0 unspecified atom stereocenters. The zero-order chi connectivity index (χ0) is 10.7. The van der Waals surface area contributed by atoms with Crippen LogP contribution in [0.4, 0.5) is 0 Å². The molecule has 1 aromatic rings. The molecule has 1 fully saturated rings. The van der Waals surface area contributed by atoms with E-state index >= 15 is 0 Å². The third kappa shape index (κ3) is 2.03. The van der Waals surface area contributed by atoms with Crippen LogP contribution in [-0.4, -0.2) is 17.0 Å². The van der Waals surface area contributed by atoms with Crippen molar-refractivity contribution in [3.8, 4) is 6.07 Å². The summed E-state index contributed by atoms with van der Waals surface area (Å²) in [5.41, 5.74) is 1.04. The third-order valence-electron chi connectivity index (χ3n) is 3.25. The quantitative estimate of drug-likeness (QED) is 0.733. The topological polar surface area (TPSA) is 27.0 Å². The van der Waals surface area contributed by atoms with Gasteiger partial charge in [-0.15, -0.1) is 0 Å². The van der Waals surface area contributed by atoms with E-state index in [0.717, 1.165) is 25.9 Å². The molecule has 2 heteroatoms. The van der Waals surface area contributed by atoms with Crippen LogP contribution in [0.1, 0.15) is 25.3 Å². The summed E-state index contributed by atoms with van der Waals surface area (Å²) in [4.78, 5) is 2.28. The van der Waals surface area contributed by atoms with E-state index in [0.29, 0.717) is 0 Å². The van der Waals surface area contributed by atoms with Crippen molar-refractivity contribution in [1.29, 1.82) is 5.26 Å². The average Bonchev–Trinajstić information content (AvgIpc) is 2.63. The molecule has 2 nitrogen and oxygen atoms in total. The lowest BCUT2D eigenvalue weighted by molar-refractivity contribution is 0.201. The van der Waals surface area contributed by atoms with E-state index in [4.69, 9.17) is 0 Å². The minimum atomic E-state index is -0.254. The average molecular weight is 200 g/mol. The zero-order valence-electron chi connectivity index (χ0n) is 9.11. The van der Waals surface area contributed by atoms with Crippen molar-refractivity contribution in [3.63, 3.8) is 0 Å². The van der Waals surface area contributed by atoms with Crippen LogP contribution in [0.5, 0.6) is 0 Å². The number of nitrogens with zero attached hydrogens (tertiary/aromatic N) is 2. The largest absolute Gasteiger partial charge is 0.281 e. The lowest BCUT2D eigenvalue weighted by Gasteiger charge is -2.28. The number of hydrogen-bond donors (Lipinski definition) is 0. The normalized spacial score (nSPS) is 26.4. The molecule has 1 saturated heterocycles. The van der Waals surface area contributed by atoms with Gasteiger partial charge in [0.05, 0.1) is 6.07 Å². The molecule has 2 rings (SSSR count). The summed E-state index contributed by atoms with van der Waals surface area (Å²) >= 11 is 0. The van der Waals surface area contributed by atoms with Crippen molar-refractivity contribution in [3.05, 3.63) is 35.9 Å². The molecule has 1 aliphatic heterocycles. The lowest BCUT2D eigenvalue weighted by atomic mass is 10.0. The summed E-state index contributed by atoms with van der Waals surface area (Å²) in [5.74, 6) is 0. The van der Waals surface area contributed by atoms with Gasteiger partial charge in [-0.3, -0.25) is 4.90 Å². The van der Waals surface area contributed by atoms with Crippen LogP contribution < -0.4 is 0 Å².